The van der Waals surface area contributed by atoms with Crippen molar-refractivity contribution in [3.8, 4) is 5.75 Å². The molecule has 1 aliphatic rings. The van der Waals surface area contributed by atoms with Crippen LogP contribution in [-0.4, -0.2) is 54.5 Å². The highest BCUT2D eigenvalue weighted by Crippen LogP contribution is 2.40. The molecule has 0 aliphatic heterocycles. The number of alkyl halides is 3. The number of halogens is 3. The SMILES string of the molecule is CCC(O)(C=C[C@@H]1[C@@H](CC=C=CCCC(=O)OC)[C@@H](OC(C)=O)C[C@H]1OC(C)=O)COc1cccc(C(F)(F)F)c1. The van der Waals surface area contributed by atoms with Gasteiger partial charge in [-0.25, -0.2) is 0 Å². The molecule has 1 N–H and O–H groups in total. The van der Waals surface area contributed by atoms with Crippen LogP contribution in [0, 0.1) is 11.8 Å². The first-order valence-electron chi connectivity index (χ1n) is 13.3. The van der Waals surface area contributed by atoms with E-state index < -0.39 is 47.4 Å². The van der Waals surface area contributed by atoms with Crippen molar-refractivity contribution in [1.29, 1.82) is 0 Å². The quantitative estimate of drug-likeness (QED) is 0.144. The lowest BCUT2D eigenvalue weighted by atomic mass is 9.88. The van der Waals surface area contributed by atoms with Crippen LogP contribution in [0.25, 0.3) is 0 Å². The van der Waals surface area contributed by atoms with Crippen molar-refractivity contribution in [3.05, 3.63) is 59.9 Å². The summed E-state index contributed by atoms with van der Waals surface area (Å²) in [5.74, 6) is -2.22. The Morgan fingerprint density at radius 1 is 1.10 bits per heavy atom. The van der Waals surface area contributed by atoms with Crippen LogP contribution >= 0.6 is 0 Å². The molecule has 0 aromatic heterocycles. The molecule has 1 aromatic rings. The standard InChI is InChI=1S/C30H37F3O8/c1-5-29(37,19-39-23-12-10-11-22(17-23)30(31,32)33)16-15-25-24(13-8-6-7-9-14-28(36)38-4)26(40-20(2)34)18-27(25)41-21(3)35/h7-8,10-12,15-17,24-27,37H,5,9,13-14,18-19H2,1-4H3/t6?,24-,25-,26+,27-,29?/m1/s1. The van der Waals surface area contributed by atoms with Gasteiger partial charge in [0.2, 0.25) is 0 Å². The van der Waals surface area contributed by atoms with Gasteiger partial charge in [-0.1, -0.05) is 25.1 Å². The minimum atomic E-state index is -4.53. The van der Waals surface area contributed by atoms with Crippen LogP contribution in [0.3, 0.4) is 0 Å². The number of esters is 3. The summed E-state index contributed by atoms with van der Waals surface area (Å²) in [6.07, 6.45) is 2.23. The second-order valence-electron chi connectivity index (χ2n) is 9.83. The van der Waals surface area contributed by atoms with E-state index in [0.29, 0.717) is 12.8 Å². The number of aliphatic hydroxyl groups is 1. The lowest BCUT2D eigenvalue weighted by molar-refractivity contribution is -0.149. The summed E-state index contributed by atoms with van der Waals surface area (Å²) in [5, 5.41) is 11.2. The van der Waals surface area contributed by atoms with E-state index in [-0.39, 0.29) is 43.5 Å². The molecule has 1 fully saturated rings. The predicted octanol–water partition coefficient (Wildman–Crippen LogP) is 5.34. The fraction of sp³-hybridized carbons (Fsp3) is 0.533. The third-order valence-electron chi connectivity index (χ3n) is 6.74. The molecule has 1 aromatic carbocycles. The van der Waals surface area contributed by atoms with Crippen LogP contribution in [-0.2, 0) is 34.8 Å². The first-order valence-corrected chi connectivity index (χ1v) is 13.3. The minimum Gasteiger partial charge on any atom is -0.490 e. The maximum absolute atomic E-state index is 13.1. The van der Waals surface area contributed by atoms with E-state index in [4.69, 9.17) is 14.2 Å². The molecule has 1 aliphatic carbocycles. The Kier molecular flexibility index (Phi) is 12.7. The van der Waals surface area contributed by atoms with Gasteiger partial charge < -0.3 is 24.1 Å². The first kappa shape index (κ1) is 33.6. The van der Waals surface area contributed by atoms with Gasteiger partial charge in [0.15, 0.2) is 0 Å². The molecule has 0 bridgehead atoms. The van der Waals surface area contributed by atoms with Crippen molar-refractivity contribution >= 4 is 17.9 Å². The van der Waals surface area contributed by atoms with Crippen LogP contribution in [0.2, 0.25) is 0 Å². The molecule has 0 amide bonds. The van der Waals surface area contributed by atoms with E-state index in [9.17, 15) is 32.7 Å². The zero-order chi connectivity index (χ0) is 30.6. The second kappa shape index (κ2) is 15.4. The number of ether oxygens (including phenoxy) is 4. The van der Waals surface area contributed by atoms with Crippen LogP contribution in [0.5, 0.6) is 5.75 Å². The molecule has 41 heavy (non-hydrogen) atoms. The highest BCUT2D eigenvalue weighted by molar-refractivity contribution is 5.69. The molecule has 5 atom stereocenters. The summed E-state index contributed by atoms with van der Waals surface area (Å²) < 4.78 is 60.4. The summed E-state index contributed by atoms with van der Waals surface area (Å²) in [4.78, 5) is 34.9. The van der Waals surface area contributed by atoms with E-state index in [2.05, 4.69) is 10.5 Å². The average Bonchev–Trinajstić information content (AvgIpc) is 3.21. The number of carbonyl (C=O) groups is 3. The number of hydrogen-bond donors (Lipinski definition) is 1. The smallest absolute Gasteiger partial charge is 0.416 e. The topological polar surface area (TPSA) is 108 Å². The Balaban J connectivity index is 2.26. The number of benzene rings is 1. The molecule has 0 spiro atoms. The number of methoxy groups -OCH3 is 1. The van der Waals surface area contributed by atoms with Crippen LogP contribution in [0.1, 0.15) is 58.4 Å². The summed E-state index contributed by atoms with van der Waals surface area (Å²) in [6, 6.07) is 4.38. The van der Waals surface area contributed by atoms with Gasteiger partial charge in [-0.2, -0.15) is 13.2 Å². The highest BCUT2D eigenvalue weighted by atomic mass is 19.4. The van der Waals surface area contributed by atoms with E-state index in [1.807, 2.05) is 0 Å². The molecule has 0 saturated heterocycles. The average molecular weight is 583 g/mol. The maximum Gasteiger partial charge on any atom is 0.416 e. The molecule has 1 saturated carbocycles. The number of allylic oxidation sites excluding steroid dienone is 1. The Morgan fingerprint density at radius 2 is 1.78 bits per heavy atom. The molecule has 0 radical (unpaired) electrons. The Hall–Kier alpha value is -3.56. The summed E-state index contributed by atoms with van der Waals surface area (Å²) in [6.45, 7) is 3.92. The Bertz CT molecular complexity index is 1140. The first-order chi connectivity index (χ1) is 19.3. The molecule has 8 nitrogen and oxygen atoms in total. The molecular weight excluding hydrogens is 545 g/mol. The van der Waals surface area contributed by atoms with Gasteiger partial charge in [0.25, 0.3) is 0 Å². The molecule has 2 rings (SSSR count). The predicted molar refractivity (Wildman–Crippen MR) is 143 cm³/mol. The lowest BCUT2D eigenvalue weighted by Crippen LogP contribution is -2.34. The Morgan fingerprint density at radius 3 is 2.39 bits per heavy atom. The van der Waals surface area contributed by atoms with Gasteiger partial charge in [-0.15, -0.1) is 5.73 Å². The monoisotopic (exact) mass is 582 g/mol. The van der Waals surface area contributed by atoms with E-state index in [0.717, 1.165) is 12.1 Å². The maximum atomic E-state index is 13.1. The van der Waals surface area contributed by atoms with E-state index in [1.54, 1.807) is 25.2 Å². The van der Waals surface area contributed by atoms with Gasteiger partial charge in [0.1, 0.15) is 30.2 Å². The van der Waals surface area contributed by atoms with Crippen LogP contribution in [0.15, 0.2) is 54.3 Å². The van der Waals surface area contributed by atoms with Gasteiger partial charge in [0, 0.05) is 38.5 Å². The molecule has 11 heteroatoms. The van der Waals surface area contributed by atoms with Crippen LogP contribution in [0.4, 0.5) is 13.2 Å². The summed E-state index contributed by atoms with van der Waals surface area (Å²) in [7, 11) is 1.31. The van der Waals surface area contributed by atoms with Crippen molar-refractivity contribution in [2.45, 2.75) is 76.9 Å². The third-order valence-corrected chi connectivity index (χ3v) is 6.74. The molecule has 1 unspecified atom stereocenters. The molecular formula is C30H37F3O8. The van der Waals surface area contributed by atoms with E-state index in [1.165, 1.54) is 39.2 Å². The van der Waals surface area contributed by atoms with Crippen molar-refractivity contribution in [3.63, 3.8) is 0 Å². The zero-order valence-corrected chi connectivity index (χ0v) is 23.6. The van der Waals surface area contributed by atoms with Gasteiger partial charge >= 0.3 is 24.1 Å². The summed E-state index contributed by atoms with van der Waals surface area (Å²) >= 11 is 0. The fourth-order valence-electron chi connectivity index (χ4n) is 4.54. The summed E-state index contributed by atoms with van der Waals surface area (Å²) in [5.41, 5.74) is 0.578. The fourth-order valence-corrected chi connectivity index (χ4v) is 4.54. The largest absolute Gasteiger partial charge is 0.490 e. The number of rotatable bonds is 13. The Labute approximate surface area is 237 Å². The molecule has 226 valence electrons. The number of carbonyl (C=O) groups excluding carboxylic acids is 3. The highest BCUT2D eigenvalue weighted by Gasteiger charge is 2.45. The second-order valence-corrected chi connectivity index (χ2v) is 9.83. The zero-order valence-electron chi connectivity index (χ0n) is 23.6. The van der Waals surface area contributed by atoms with Crippen molar-refractivity contribution < 1.29 is 51.6 Å². The van der Waals surface area contributed by atoms with Crippen molar-refractivity contribution in [2.75, 3.05) is 13.7 Å². The van der Waals surface area contributed by atoms with Crippen molar-refractivity contribution in [1.82, 2.24) is 0 Å². The third kappa shape index (κ3) is 11.1. The number of hydrogen-bond acceptors (Lipinski definition) is 8. The van der Waals surface area contributed by atoms with Crippen molar-refractivity contribution in [2.24, 2.45) is 11.8 Å². The van der Waals surface area contributed by atoms with Gasteiger partial charge in [-0.05, 0) is 49.6 Å². The van der Waals surface area contributed by atoms with E-state index >= 15 is 0 Å². The lowest BCUT2D eigenvalue weighted by Gasteiger charge is -2.26. The van der Waals surface area contributed by atoms with Gasteiger partial charge in [-0.3, -0.25) is 14.4 Å². The normalized spacial score (nSPS) is 21.9. The van der Waals surface area contributed by atoms with Crippen LogP contribution < -0.4 is 4.74 Å². The molecule has 0 heterocycles. The van der Waals surface area contributed by atoms with Gasteiger partial charge in [0.05, 0.1) is 12.7 Å². The minimum absolute atomic E-state index is 0.0457.